The van der Waals surface area contributed by atoms with Crippen LogP contribution in [0.3, 0.4) is 0 Å². The van der Waals surface area contributed by atoms with Gasteiger partial charge < -0.3 is 5.32 Å². The van der Waals surface area contributed by atoms with E-state index >= 15 is 0 Å². The lowest BCUT2D eigenvalue weighted by Gasteiger charge is -2.24. The second-order valence-corrected chi connectivity index (χ2v) is 9.88. The van der Waals surface area contributed by atoms with Crippen LogP contribution in [0.5, 0.6) is 0 Å². The number of benzene rings is 1. The highest BCUT2D eigenvalue weighted by Crippen LogP contribution is 2.39. The van der Waals surface area contributed by atoms with Crippen molar-refractivity contribution in [1.82, 2.24) is 4.98 Å². The van der Waals surface area contributed by atoms with Gasteiger partial charge in [0.05, 0.1) is 17.4 Å². The van der Waals surface area contributed by atoms with Crippen LogP contribution in [0, 0.1) is 5.92 Å². The monoisotopic (exact) mass is 420 g/mol. The van der Waals surface area contributed by atoms with E-state index in [1.807, 2.05) is 6.20 Å². The lowest BCUT2D eigenvalue weighted by atomic mass is 9.86. The number of rotatable bonds is 3. The van der Waals surface area contributed by atoms with Crippen molar-refractivity contribution in [3.8, 4) is 0 Å². The van der Waals surface area contributed by atoms with Crippen LogP contribution in [-0.4, -0.2) is 10.9 Å². The highest BCUT2D eigenvalue weighted by molar-refractivity contribution is 5.97. The Hall–Kier alpha value is -1.90. The summed E-state index contributed by atoms with van der Waals surface area (Å²) in [6, 6.07) is 8.50. The average Bonchev–Trinajstić information content (AvgIpc) is 3.02. The van der Waals surface area contributed by atoms with Crippen molar-refractivity contribution >= 4 is 22.5 Å². The van der Waals surface area contributed by atoms with Crippen LogP contribution in [0.2, 0.25) is 0 Å². The van der Waals surface area contributed by atoms with Gasteiger partial charge in [-0.05, 0) is 43.2 Å². The van der Waals surface area contributed by atoms with Gasteiger partial charge in [-0.1, -0.05) is 95.2 Å². The lowest BCUT2D eigenvalue weighted by molar-refractivity contribution is -0.120. The topological polar surface area (TPSA) is 42.0 Å². The van der Waals surface area contributed by atoms with Crippen molar-refractivity contribution in [2.45, 2.75) is 109 Å². The van der Waals surface area contributed by atoms with E-state index in [-0.39, 0.29) is 11.8 Å². The van der Waals surface area contributed by atoms with E-state index < -0.39 is 0 Å². The lowest BCUT2D eigenvalue weighted by Crippen LogP contribution is -2.24. The van der Waals surface area contributed by atoms with Crippen molar-refractivity contribution in [2.24, 2.45) is 5.92 Å². The summed E-state index contributed by atoms with van der Waals surface area (Å²) >= 11 is 0. The largest absolute Gasteiger partial charge is 0.324 e. The fraction of sp³-hybridized carbons (Fsp3) is 0.643. The Balaban J connectivity index is 1.61. The summed E-state index contributed by atoms with van der Waals surface area (Å²) in [5, 5.41) is 4.62. The number of hydrogen-bond acceptors (Lipinski definition) is 2. The van der Waals surface area contributed by atoms with E-state index in [9.17, 15) is 4.79 Å². The molecule has 0 bridgehead atoms. The van der Waals surface area contributed by atoms with Crippen molar-refractivity contribution in [1.29, 1.82) is 0 Å². The second-order valence-electron chi connectivity index (χ2n) is 9.88. The van der Waals surface area contributed by atoms with E-state index in [4.69, 9.17) is 4.98 Å². The van der Waals surface area contributed by atoms with Crippen molar-refractivity contribution < 1.29 is 4.79 Å². The summed E-state index contributed by atoms with van der Waals surface area (Å²) < 4.78 is 0. The molecule has 0 unspecified atom stereocenters. The van der Waals surface area contributed by atoms with Crippen LogP contribution in [-0.2, 0) is 4.79 Å². The molecular formula is C28H40N2O. The van der Waals surface area contributed by atoms with Gasteiger partial charge in [-0.3, -0.25) is 9.78 Å². The second kappa shape index (κ2) is 11.6. The maximum absolute atomic E-state index is 13.4. The summed E-state index contributed by atoms with van der Waals surface area (Å²) in [7, 11) is 0. The van der Waals surface area contributed by atoms with E-state index in [0.717, 1.165) is 24.0 Å². The SMILES string of the molecule is O=C(Nc1cnc2ccccc2c1C1CCCCCCCC1)C1CCCCCCCC1. The molecule has 4 rings (SSSR count). The molecule has 1 N–H and O–H groups in total. The highest BCUT2D eigenvalue weighted by atomic mass is 16.1. The summed E-state index contributed by atoms with van der Waals surface area (Å²) in [5.41, 5.74) is 3.38. The van der Waals surface area contributed by atoms with Gasteiger partial charge in [0.15, 0.2) is 0 Å². The fourth-order valence-corrected chi connectivity index (χ4v) is 5.75. The van der Waals surface area contributed by atoms with E-state index in [1.165, 1.54) is 101 Å². The molecule has 168 valence electrons. The van der Waals surface area contributed by atoms with E-state index in [1.54, 1.807) is 0 Å². The molecule has 3 nitrogen and oxygen atoms in total. The number of amides is 1. The first-order chi connectivity index (χ1) is 15.3. The van der Waals surface area contributed by atoms with Crippen LogP contribution in [0.15, 0.2) is 30.5 Å². The Morgan fingerprint density at radius 2 is 1.29 bits per heavy atom. The first-order valence-corrected chi connectivity index (χ1v) is 13.0. The number of anilines is 1. The van der Waals surface area contributed by atoms with Crippen molar-refractivity contribution in [2.75, 3.05) is 5.32 Å². The summed E-state index contributed by atoms with van der Waals surface area (Å²) in [6.07, 6.45) is 22.0. The van der Waals surface area contributed by atoms with Crippen molar-refractivity contribution in [3.63, 3.8) is 0 Å². The molecule has 1 amide bonds. The number of carbonyl (C=O) groups is 1. The number of nitrogens with zero attached hydrogens (tertiary/aromatic N) is 1. The summed E-state index contributed by atoms with van der Waals surface area (Å²) in [4.78, 5) is 18.1. The normalized spacial score (nSPS) is 20.6. The summed E-state index contributed by atoms with van der Waals surface area (Å²) in [5.74, 6) is 0.892. The molecule has 1 aromatic carbocycles. The minimum absolute atomic E-state index is 0.151. The van der Waals surface area contributed by atoms with Crippen LogP contribution in [0.4, 0.5) is 5.69 Å². The Kier molecular flexibility index (Phi) is 8.38. The molecule has 0 radical (unpaired) electrons. The molecule has 3 heteroatoms. The number of aromatic nitrogens is 1. The molecule has 0 aliphatic heterocycles. The number of fused-ring (bicyclic) bond motifs is 1. The average molecular weight is 421 g/mol. The first kappa shape index (κ1) is 22.3. The van der Waals surface area contributed by atoms with Crippen LogP contribution in [0.25, 0.3) is 10.9 Å². The quantitative estimate of drug-likeness (QED) is 0.544. The van der Waals surface area contributed by atoms with Crippen molar-refractivity contribution in [3.05, 3.63) is 36.0 Å². The number of pyridine rings is 1. The molecule has 0 spiro atoms. The molecule has 0 atom stereocenters. The number of hydrogen-bond donors (Lipinski definition) is 1. The first-order valence-electron chi connectivity index (χ1n) is 13.0. The maximum Gasteiger partial charge on any atom is 0.227 e. The van der Waals surface area contributed by atoms with Gasteiger partial charge in [0.2, 0.25) is 5.91 Å². The third-order valence-corrected chi connectivity index (χ3v) is 7.56. The van der Waals surface area contributed by atoms with Gasteiger partial charge in [-0.25, -0.2) is 0 Å². The van der Waals surface area contributed by atoms with E-state index in [0.29, 0.717) is 5.92 Å². The highest BCUT2D eigenvalue weighted by Gasteiger charge is 2.24. The predicted octanol–water partition coefficient (Wildman–Crippen LogP) is 8.14. The fourth-order valence-electron chi connectivity index (χ4n) is 5.75. The van der Waals surface area contributed by atoms with E-state index in [2.05, 4.69) is 29.6 Å². The molecule has 1 heterocycles. The van der Waals surface area contributed by atoms with Crippen LogP contribution in [0.1, 0.15) is 114 Å². The number of carbonyl (C=O) groups excluding carboxylic acids is 1. The zero-order valence-corrected chi connectivity index (χ0v) is 19.2. The van der Waals surface area contributed by atoms with Gasteiger partial charge in [-0.2, -0.15) is 0 Å². The molecule has 31 heavy (non-hydrogen) atoms. The molecular weight excluding hydrogens is 380 g/mol. The van der Waals surface area contributed by atoms with Gasteiger partial charge in [-0.15, -0.1) is 0 Å². The third-order valence-electron chi connectivity index (χ3n) is 7.56. The Bertz CT molecular complexity index is 826. The Morgan fingerprint density at radius 3 is 1.94 bits per heavy atom. The molecule has 0 saturated heterocycles. The molecule has 2 saturated carbocycles. The summed E-state index contributed by atoms with van der Waals surface area (Å²) in [6.45, 7) is 0. The third kappa shape index (κ3) is 6.08. The van der Waals surface area contributed by atoms with Crippen LogP contribution < -0.4 is 5.32 Å². The predicted molar refractivity (Wildman–Crippen MR) is 130 cm³/mol. The van der Waals surface area contributed by atoms with Gasteiger partial charge in [0.25, 0.3) is 0 Å². The molecule has 2 aliphatic rings. The number of para-hydroxylation sites is 1. The molecule has 2 fully saturated rings. The minimum atomic E-state index is 0.151. The maximum atomic E-state index is 13.4. The van der Waals surface area contributed by atoms with Gasteiger partial charge >= 0.3 is 0 Å². The minimum Gasteiger partial charge on any atom is -0.324 e. The van der Waals surface area contributed by atoms with Gasteiger partial charge in [0.1, 0.15) is 0 Å². The van der Waals surface area contributed by atoms with Crippen LogP contribution >= 0.6 is 0 Å². The number of nitrogens with one attached hydrogen (secondary N) is 1. The molecule has 2 aromatic rings. The molecule has 1 aromatic heterocycles. The Morgan fingerprint density at radius 1 is 0.742 bits per heavy atom. The van der Waals surface area contributed by atoms with Gasteiger partial charge in [0, 0.05) is 11.3 Å². The zero-order chi connectivity index (χ0) is 21.3. The Labute approximate surface area is 188 Å². The standard InChI is InChI=1S/C28H40N2O/c31-28(23-17-11-7-3-4-8-12-18-23)30-26-21-29-25-20-14-13-19-24(25)27(26)22-15-9-5-1-2-6-10-16-22/h13-14,19-23H,1-12,15-18H2,(H,30,31). The molecule has 2 aliphatic carbocycles. The zero-order valence-electron chi connectivity index (χ0n) is 19.2. The smallest absolute Gasteiger partial charge is 0.227 e.